The molecule has 26 heavy (non-hydrogen) atoms. The van der Waals surface area contributed by atoms with Crippen LogP contribution in [0.3, 0.4) is 0 Å². The van der Waals surface area contributed by atoms with Crippen LogP contribution in [0.1, 0.15) is 26.3 Å². The van der Waals surface area contributed by atoms with Gasteiger partial charge < -0.3 is 9.84 Å². The predicted molar refractivity (Wildman–Crippen MR) is 101 cm³/mol. The molecule has 1 N–H and O–H groups in total. The van der Waals surface area contributed by atoms with Crippen LogP contribution in [0.2, 0.25) is 0 Å². The lowest BCUT2D eigenvalue weighted by Crippen LogP contribution is -2.46. The lowest BCUT2D eigenvalue weighted by atomic mass is 10.0. The highest BCUT2D eigenvalue weighted by atomic mass is 16.6. The Balaban J connectivity index is 2.12. The Labute approximate surface area is 154 Å². The van der Waals surface area contributed by atoms with Crippen LogP contribution in [0.15, 0.2) is 54.6 Å². The summed E-state index contributed by atoms with van der Waals surface area (Å²) in [6, 6.07) is 16.6. The van der Waals surface area contributed by atoms with Gasteiger partial charge in [0.25, 0.3) is 0 Å². The summed E-state index contributed by atoms with van der Waals surface area (Å²) >= 11 is 0. The van der Waals surface area contributed by atoms with E-state index >= 15 is 0 Å². The van der Waals surface area contributed by atoms with E-state index in [2.05, 4.69) is 0 Å². The third-order valence-electron chi connectivity index (χ3n) is 3.92. The molecule has 0 radical (unpaired) electrons. The molecule has 5 heteroatoms. The minimum atomic E-state index is -1.06. The summed E-state index contributed by atoms with van der Waals surface area (Å²) in [6.07, 6.45) is -0.439. The van der Waals surface area contributed by atoms with Crippen LogP contribution >= 0.6 is 0 Å². The standard InChI is InChI=1S/C21H25NO4/c1-21(2,3)26-20(25)22(4)18(19(23)24)14-15-10-12-17(13-11-15)16-8-6-5-7-9-16/h5-13,18H,14H2,1-4H3,(H,23,24)/t18-/m0/s1. The maximum atomic E-state index is 12.2. The molecule has 0 aliphatic heterocycles. The summed E-state index contributed by atoms with van der Waals surface area (Å²) in [6.45, 7) is 5.24. The van der Waals surface area contributed by atoms with E-state index in [-0.39, 0.29) is 6.42 Å². The van der Waals surface area contributed by atoms with Gasteiger partial charge in [0.1, 0.15) is 11.6 Å². The number of hydrogen-bond acceptors (Lipinski definition) is 3. The van der Waals surface area contributed by atoms with Gasteiger partial charge in [-0.3, -0.25) is 4.90 Å². The van der Waals surface area contributed by atoms with Gasteiger partial charge in [0.15, 0.2) is 0 Å². The molecule has 0 aliphatic rings. The zero-order valence-electron chi connectivity index (χ0n) is 15.6. The Bertz CT molecular complexity index is 748. The largest absolute Gasteiger partial charge is 0.480 e. The van der Waals surface area contributed by atoms with Gasteiger partial charge in [-0.1, -0.05) is 54.6 Å². The second kappa shape index (κ2) is 8.04. The van der Waals surface area contributed by atoms with Gasteiger partial charge in [-0.15, -0.1) is 0 Å². The van der Waals surface area contributed by atoms with Crippen LogP contribution < -0.4 is 0 Å². The van der Waals surface area contributed by atoms with Crippen molar-refractivity contribution in [2.75, 3.05) is 7.05 Å². The van der Waals surface area contributed by atoms with E-state index in [0.29, 0.717) is 0 Å². The molecular weight excluding hydrogens is 330 g/mol. The van der Waals surface area contributed by atoms with Crippen molar-refractivity contribution < 1.29 is 19.4 Å². The van der Waals surface area contributed by atoms with Crippen molar-refractivity contribution in [1.82, 2.24) is 4.90 Å². The SMILES string of the molecule is CN(C(=O)OC(C)(C)C)[C@@H](Cc1ccc(-c2ccccc2)cc1)C(=O)O. The average Bonchev–Trinajstić information content (AvgIpc) is 2.58. The van der Waals surface area contributed by atoms with Gasteiger partial charge in [0.2, 0.25) is 0 Å². The minimum absolute atomic E-state index is 0.208. The molecule has 2 aromatic rings. The lowest BCUT2D eigenvalue weighted by Gasteiger charge is -2.28. The molecule has 0 spiro atoms. The van der Waals surface area contributed by atoms with Crippen molar-refractivity contribution in [3.63, 3.8) is 0 Å². The summed E-state index contributed by atoms with van der Waals surface area (Å²) in [4.78, 5) is 25.0. The number of carboxylic acid groups (broad SMARTS) is 1. The minimum Gasteiger partial charge on any atom is -0.480 e. The van der Waals surface area contributed by atoms with Crippen LogP contribution in [0, 0.1) is 0 Å². The Hall–Kier alpha value is -2.82. The second-order valence-corrected chi connectivity index (χ2v) is 7.21. The third kappa shape index (κ3) is 5.34. The van der Waals surface area contributed by atoms with Gasteiger partial charge in [-0.25, -0.2) is 9.59 Å². The molecule has 1 amide bonds. The monoisotopic (exact) mass is 355 g/mol. The van der Waals surface area contributed by atoms with Gasteiger partial charge in [0, 0.05) is 13.5 Å². The number of aliphatic carboxylic acids is 1. The van der Waals surface area contributed by atoms with Gasteiger partial charge >= 0.3 is 12.1 Å². The number of carbonyl (C=O) groups is 2. The van der Waals surface area contributed by atoms with Crippen LogP contribution in [0.25, 0.3) is 11.1 Å². The Morgan fingerprint density at radius 2 is 1.54 bits per heavy atom. The van der Waals surface area contributed by atoms with Crippen molar-refractivity contribution in [2.24, 2.45) is 0 Å². The molecule has 1 atom stereocenters. The first-order chi connectivity index (χ1) is 12.2. The number of rotatable bonds is 5. The van der Waals surface area contributed by atoms with E-state index in [1.54, 1.807) is 20.8 Å². The molecule has 0 aliphatic carbocycles. The van der Waals surface area contributed by atoms with E-state index in [1.165, 1.54) is 7.05 Å². The predicted octanol–water partition coefficient (Wildman–Crippen LogP) is 4.22. The number of hydrogen-bond donors (Lipinski definition) is 1. The van der Waals surface area contributed by atoms with Crippen molar-refractivity contribution in [3.05, 3.63) is 60.2 Å². The fourth-order valence-electron chi connectivity index (χ4n) is 2.54. The Morgan fingerprint density at radius 1 is 1.00 bits per heavy atom. The molecular formula is C21H25NO4. The van der Waals surface area contributed by atoms with Crippen LogP contribution in [0.4, 0.5) is 4.79 Å². The number of carboxylic acids is 1. The fourth-order valence-corrected chi connectivity index (χ4v) is 2.54. The molecule has 0 unspecified atom stereocenters. The molecule has 0 bridgehead atoms. The van der Waals surface area contributed by atoms with E-state index in [1.807, 2.05) is 54.6 Å². The lowest BCUT2D eigenvalue weighted by molar-refractivity contribution is -0.142. The molecule has 2 rings (SSSR count). The third-order valence-corrected chi connectivity index (χ3v) is 3.92. The van der Waals surface area contributed by atoms with E-state index in [9.17, 15) is 14.7 Å². The summed E-state index contributed by atoms with van der Waals surface area (Å²) < 4.78 is 5.27. The first-order valence-electron chi connectivity index (χ1n) is 8.50. The molecule has 0 saturated carbocycles. The van der Waals surface area contributed by atoms with Gasteiger partial charge in [0.05, 0.1) is 0 Å². The highest BCUT2D eigenvalue weighted by molar-refractivity contribution is 5.80. The molecule has 138 valence electrons. The topological polar surface area (TPSA) is 66.8 Å². The van der Waals surface area contributed by atoms with Crippen molar-refractivity contribution in [2.45, 2.75) is 38.8 Å². The van der Waals surface area contributed by atoms with Gasteiger partial charge in [-0.05, 0) is 37.5 Å². The van der Waals surface area contributed by atoms with Crippen LogP contribution in [0.5, 0.6) is 0 Å². The quantitative estimate of drug-likeness (QED) is 0.872. The number of nitrogens with zero attached hydrogens (tertiary/aromatic N) is 1. The normalized spacial score (nSPS) is 12.3. The smallest absolute Gasteiger partial charge is 0.410 e. The van der Waals surface area contributed by atoms with Crippen molar-refractivity contribution in [3.8, 4) is 11.1 Å². The number of carbonyl (C=O) groups excluding carboxylic acids is 1. The van der Waals surface area contributed by atoms with E-state index in [4.69, 9.17) is 4.74 Å². The summed E-state index contributed by atoms with van der Waals surface area (Å²) in [5, 5.41) is 9.54. The molecule has 0 heterocycles. The average molecular weight is 355 g/mol. The number of likely N-dealkylation sites (N-methyl/N-ethyl adjacent to an activating group) is 1. The molecule has 0 aromatic heterocycles. The van der Waals surface area contributed by atoms with Gasteiger partial charge in [-0.2, -0.15) is 0 Å². The second-order valence-electron chi connectivity index (χ2n) is 7.21. The van der Waals surface area contributed by atoms with E-state index in [0.717, 1.165) is 21.6 Å². The zero-order chi connectivity index (χ0) is 19.3. The zero-order valence-corrected chi connectivity index (χ0v) is 15.6. The molecule has 0 saturated heterocycles. The summed E-state index contributed by atoms with van der Waals surface area (Å²) in [5.41, 5.74) is 2.32. The number of benzene rings is 2. The maximum absolute atomic E-state index is 12.2. The Morgan fingerprint density at radius 3 is 2.04 bits per heavy atom. The number of ether oxygens (including phenoxy) is 1. The first kappa shape index (κ1) is 19.5. The fraction of sp³-hybridized carbons (Fsp3) is 0.333. The van der Waals surface area contributed by atoms with Crippen molar-refractivity contribution >= 4 is 12.1 Å². The molecule has 0 fully saturated rings. The number of amides is 1. The molecule has 5 nitrogen and oxygen atoms in total. The summed E-state index contributed by atoms with van der Waals surface area (Å²) in [5.74, 6) is -1.06. The maximum Gasteiger partial charge on any atom is 0.410 e. The highest BCUT2D eigenvalue weighted by Crippen LogP contribution is 2.20. The van der Waals surface area contributed by atoms with E-state index < -0.39 is 23.7 Å². The van der Waals surface area contributed by atoms with Crippen LogP contribution in [-0.4, -0.2) is 40.8 Å². The Kier molecular flexibility index (Phi) is 6.03. The first-order valence-corrected chi connectivity index (χ1v) is 8.50. The summed E-state index contributed by atoms with van der Waals surface area (Å²) in [7, 11) is 1.45. The highest BCUT2D eigenvalue weighted by Gasteiger charge is 2.30. The van der Waals surface area contributed by atoms with Crippen molar-refractivity contribution in [1.29, 1.82) is 0 Å². The van der Waals surface area contributed by atoms with Crippen LogP contribution in [-0.2, 0) is 16.0 Å². The molecule has 2 aromatic carbocycles.